The molecule has 0 radical (unpaired) electrons. The predicted octanol–water partition coefficient (Wildman–Crippen LogP) is 25.7. The minimum atomic E-state index is -0.419. The third-order valence-electron chi connectivity index (χ3n) is 19.8. The minimum absolute atomic E-state index is 0.0425. The Kier molecular flexibility index (Phi) is 18.4. The Bertz CT molecular complexity index is 4200. The maximum absolute atomic E-state index is 16.4. The van der Waals surface area contributed by atoms with Crippen LogP contribution in [-0.2, 0) is 41.2 Å². The molecule has 0 bridgehead atoms. The second-order valence-electron chi connectivity index (χ2n) is 35.9. The van der Waals surface area contributed by atoms with E-state index in [2.05, 4.69) is 281 Å². The molecule has 0 amide bonds. The van der Waals surface area contributed by atoms with Crippen LogP contribution in [0.1, 0.15) is 223 Å². The Balaban J connectivity index is 1.06. The second-order valence-corrected chi connectivity index (χ2v) is 35.9. The molecule has 0 fully saturated rings. The molecule has 0 aliphatic heterocycles. The maximum Gasteiger partial charge on any atom is 0.237 e. The molecule has 0 atom stereocenters. The fraction of sp³-hybridized carbons (Fsp3) is 0.432. The van der Waals surface area contributed by atoms with E-state index < -0.39 is 11.6 Å². The van der Waals surface area contributed by atoms with Gasteiger partial charge < -0.3 is 28.1 Å². The summed E-state index contributed by atoms with van der Waals surface area (Å²) in [5.74, 6) is 0.526. The van der Waals surface area contributed by atoms with Crippen molar-refractivity contribution in [2.45, 2.75) is 224 Å². The number of aromatic hydroxyl groups is 2. The van der Waals surface area contributed by atoms with Gasteiger partial charge in [-0.05, 0) is 190 Å². The van der Waals surface area contributed by atoms with Crippen molar-refractivity contribution < 1.29 is 27.7 Å². The molecule has 8 heteroatoms. The van der Waals surface area contributed by atoms with Gasteiger partial charge in [-0.1, -0.05) is 201 Å². The first-order valence-electron chi connectivity index (χ1n) is 34.7. The van der Waals surface area contributed by atoms with Gasteiger partial charge in [-0.3, -0.25) is 0 Å². The highest BCUT2D eigenvalue weighted by atomic mass is 19.1. The predicted molar refractivity (Wildman–Crippen MR) is 405 cm³/mol. The summed E-state index contributed by atoms with van der Waals surface area (Å²) in [6, 6.07) is 41.5. The van der Waals surface area contributed by atoms with Gasteiger partial charge in [0.05, 0.1) is 44.6 Å². The lowest BCUT2D eigenvalue weighted by Gasteiger charge is -2.35. The van der Waals surface area contributed by atoms with Crippen LogP contribution in [-0.4, -0.2) is 32.6 Å². The molecule has 0 unspecified atom stereocenters. The number of fused-ring (bicyclic) bond motifs is 6. The van der Waals surface area contributed by atoms with Gasteiger partial charge in [0.15, 0.2) is 0 Å². The lowest BCUT2D eigenvalue weighted by molar-refractivity contribution is 0.00432. The largest absolute Gasteiger partial charge is 0.711 e. The summed E-state index contributed by atoms with van der Waals surface area (Å²) in [4.78, 5) is 0. The van der Waals surface area contributed by atoms with E-state index in [9.17, 15) is 10.2 Å². The minimum Gasteiger partial charge on any atom is -0.711 e. The fourth-order valence-electron chi connectivity index (χ4n) is 15.4. The number of phenols is 2. The van der Waals surface area contributed by atoms with Crippen LogP contribution in [0.25, 0.3) is 77.2 Å². The Morgan fingerprint density at radius 1 is 0.354 bits per heavy atom. The molecule has 10 rings (SSSR count). The zero-order valence-corrected chi connectivity index (χ0v) is 62.6. The highest BCUT2D eigenvalue weighted by molar-refractivity contribution is 6.11. The molecule has 0 saturated heterocycles. The first-order chi connectivity index (χ1) is 44.1. The maximum atomic E-state index is 16.4. The van der Waals surface area contributed by atoms with Crippen LogP contribution in [0.4, 0.5) is 8.78 Å². The van der Waals surface area contributed by atoms with Gasteiger partial charge in [0.25, 0.3) is 0 Å². The summed E-state index contributed by atoms with van der Waals surface area (Å²) in [7, 11) is 9.20. The van der Waals surface area contributed by atoms with Gasteiger partial charge in [-0.2, -0.15) is 0 Å². The van der Waals surface area contributed by atoms with Gasteiger partial charge in [0.2, 0.25) is 11.5 Å². The SMILES string of the molecule is [CH2-][O+](CCCC[O+]([CH2-])c1c(C)cc(F)cc1-c1cc(C(C)(C)CC(C)(C)C)cc(-n2c3cc(C(C)(C)C)ccc3c3ccc(C(C)(C)C)cc32)c1O)c1c(C)cc(F)cc1-c1cc(C(C)(C)CC(C)(C)C)cc(-n2c3cc(C(C)(C)C)ccc3c3ccc(C(C)(C)C)cc32)c1O. The average molecular weight is 1300 g/mol. The van der Waals surface area contributed by atoms with Crippen molar-refractivity contribution in [1.82, 2.24) is 9.13 Å². The molecule has 510 valence electrons. The van der Waals surface area contributed by atoms with Crippen LogP contribution < -0.4 is 0 Å². The monoisotopic (exact) mass is 1300 g/mol. The van der Waals surface area contributed by atoms with Crippen LogP contribution in [0.3, 0.4) is 0 Å². The standard InChI is InChI=1S/C88H110F2N2O4/c1-53-39-61(89)49-69(67-41-59(87(21,22)51-81(3,4)5)47-75(77(67)93)91-71-43-55(83(9,10)11)29-33-63(71)64-34-30-56(44-72(64)91)84(12,13)14)79(53)95(25)37-27-28-38-96(26)80-54(2)40-62(90)50-70(80)68-42-60(88(23,24)52-82(6,7)8)48-76(78(68)94)92-73-45-57(85(15,16)17)31-35-65(73)66-36-32-58(46-74(66)92)86(18,19)20/h29-36,39-50,93-94H,25-28,37-38,51-52H2,1-24H3. The summed E-state index contributed by atoms with van der Waals surface area (Å²) < 4.78 is 43.5. The Morgan fingerprint density at radius 2 is 0.625 bits per heavy atom. The van der Waals surface area contributed by atoms with Gasteiger partial charge in [0, 0.05) is 56.6 Å². The fourth-order valence-corrected chi connectivity index (χ4v) is 15.4. The third kappa shape index (κ3) is 14.1. The van der Waals surface area contributed by atoms with Crippen molar-refractivity contribution in [1.29, 1.82) is 0 Å². The van der Waals surface area contributed by atoms with Crippen molar-refractivity contribution in [3.05, 3.63) is 192 Å². The Morgan fingerprint density at radius 3 is 0.875 bits per heavy atom. The van der Waals surface area contributed by atoms with Crippen LogP contribution in [0.2, 0.25) is 0 Å². The number of rotatable bonds is 15. The zero-order valence-electron chi connectivity index (χ0n) is 62.6. The number of aromatic nitrogens is 2. The number of nitrogens with zero attached hydrogens (tertiary/aromatic N) is 2. The molecule has 10 aromatic rings. The molecule has 0 spiro atoms. The molecule has 0 saturated carbocycles. The van der Waals surface area contributed by atoms with E-state index >= 15 is 8.78 Å². The summed E-state index contributed by atoms with van der Waals surface area (Å²) in [6.07, 6.45) is 2.90. The van der Waals surface area contributed by atoms with Crippen LogP contribution in [0, 0.1) is 50.5 Å². The number of hydrogen-bond donors (Lipinski definition) is 2. The number of unbranched alkanes of at least 4 members (excludes halogenated alkanes) is 1. The number of benzene rings is 8. The van der Waals surface area contributed by atoms with Crippen molar-refractivity contribution in [3.8, 4) is 56.6 Å². The number of phenolic OH excluding ortho intramolecular Hbond substituents is 2. The lowest BCUT2D eigenvalue weighted by atomic mass is 9.71. The zero-order chi connectivity index (χ0) is 70.9. The van der Waals surface area contributed by atoms with E-state index in [1.165, 1.54) is 46.5 Å². The molecule has 2 N–H and O–H groups in total. The highest BCUT2D eigenvalue weighted by Crippen LogP contribution is 2.53. The van der Waals surface area contributed by atoms with E-state index in [1.807, 2.05) is 13.8 Å². The topological polar surface area (TPSA) is 55.7 Å². The Labute approximate surface area is 574 Å². The first kappa shape index (κ1) is 71.2. The number of halogens is 2. The van der Waals surface area contributed by atoms with Crippen molar-refractivity contribution >= 4 is 43.6 Å². The third-order valence-corrected chi connectivity index (χ3v) is 19.8. The van der Waals surface area contributed by atoms with Crippen LogP contribution >= 0.6 is 0 Å². The summed E-state index contributed by atoms with van der Waals surface area (Å²) >= 11 is 0. The molecule has 8 aromatic carbocycles. The average Bonchev–Trinajstić information content (AvgIpc) is 1.57. The van der Waals surface area contributed by atoms with Crippen LogP contribution in [0.5, 0.6) is 23.0 Å². The molecule has 0 aliphatic carbocycles. The molecule has 96 heavy (non-hydrogen) atoms. The van der Waals surface area contributed by atoms with Crippen LogP contribution in [0.15, 0.2) is 121 Å². The molecule has 2 heterocycles. The second kappa shape index (κ2) is 24.7. The summed E-state index contributed by atoms with van der Waals surface area (Å²) in [6.45, 7) is 53.9. The summed E-state index contributed by atoms with van der Waals surface area (Å²) in [5.41, 5.74) is 13.8. The van der Waals surface area contributed by atoms with E-state index in [4.69, 9.17) is 0 Å². The van der Waals surface area contributed by atoms with Crippen molar-refractivity contribution in [2.24, 2.45) is 10.8 Å². The number of hydrogen-bond acceptors (Lipinski definition) is 2. The van der Waals surface area contributed by atoms with Crippen molar-refractivity contribution in [2.75, 3.05) is 13.2 Å². The highest BCUT2D eigenvalue weighted by Gasteiger charge is 2.35. The molecular formula is C88H110F2N2O4. The van der Waals surface area contributed by atoms with E-state index in [1.54, 1.807) is 0 Å². The van der Waals surface area contributed by atoms with Gasteiger partial charge in [0.1, 0.15) is 36.3 Å². The Hall–Kier alpha value is -7.58. The molecular weight excluding hydrogens is 1190 g/mol. The number of aryl methyl sites for hydroxylation is 2. The molecule has 0 aliphatic rings. The van der Waals surface area contributed by atoms with E-state index in [0.717, 1.165) is 67.6 Å². The molecule has 6 nitrogen and oxygen atoms in total. The van der Waals surface area contributed by atoms with Gasteiger partial charge in [-0.15, -0.1) is 0 Å². The van der Waals surface area contributed by atoms with Crippen molar-refractivity contribution in [3.63, 3.8) is 0 Å². The lowest BCUT2D eigenvalue weighted by Crippen LogP contribution is -2.25. The van der Waals surface area contributed by atoms with Gasteiger partial charge in [-0.25, -0.2) is 8.78 Å². The van der Waals surface area contributed by atoms with Gasteiger partial charge >= 0.3 is 0 Å². The smallest absolute Gasteiger partial charge is 0.237 e. The summed E-state index contributed by atoms with van der Waals surface area (Å²) in [5, 5.41) is 31.0. The van der Waals surface area contributed by atoms with E-state index in [0.29, 0.717) is 82.3 Å². The normalized spacial score (nSPS) is 13.3. The first-order valence-corrected chi connectivity index (χ1v) is 34.7. The molecule has 2 aromatic heterocycles. The van der Waals surface area contributed by atoms with E-state index in [-0.39, 0.29) is 54.8 Å². The quantitative estimate of drug-likeness (QED) is 0.0611.